The Balaban J connectivity index is 1.85. The van der Waals surface area contributed by atoms with Crippen molar-refractivity contribution in [2.24, 2.45) is 0 Å². The van der Waals surface area contributed by atoms with Gasteiger partial charge in [0.1, 0.15) is 4.70 Å². The molecule has 0 atom stereocenters. The highest BCUT2D eigenvalue weighted by molar-refractivity contribution is 9.10. The van der Waals surface area contributed by atoms with E-state index in [1.54, 1.807) is 16.7 Å². The number of aromatic nitrogens is 1. The lowest BCUT2D eigenvalue weighted by Crippen LogP contribution is -2.39. The van der Waals surface area contributed by atoms with Gasteiger partial charge in [0.2, 0.25) is 12.1 Å². The molecule has 3 heterocycles. The van der Waals surface area contributed by atoms with Crippen molar-refractivity contribution < 1.29 is 27.4 Å². The molecule has 0 spiro atoms. The van der Waals surface area contributed by atoms with Crippen LogP contribution in [0.15, 0.2) is 38.0 Å². The lowest BCUT2D eigenvalue weighted by atomic mass is 10.3. The SMILES string of the molecule is O=C(O)C[n+]1c(C=C2Sc3sc(Cl)cc3N2CS(=O)(=O)O)sc2ccc(Br)cc21. The first-order chi connectivity index (χ1) is 13.6. The smallest absolute Gasteiger partial charge is 0.370 e. The van der Waals surface area contributed by atoms with Gasteiger partial charge >= 0.3 is 5.97 Å². The number of nitrogens with zero attached hydrogens (tertiary/aromatic N) is 2. The minimum Gasteiger partial charge on any atom is -0.477 e. The van der Waals surface area contributed by atoms with Gasteiger partial charge in [-0.2, -0.15) is 13.0 Å². The number of rotatable bonds is 5. The van der Waals surface area contributed by atoms with Crippen LogP contribution in [0.1, 0.15) is 5.01 Å². The van der Waals surface area contributed by atoms with E-state index in [0.717, 1.165) is 18.9 Å². The first-order valence-electron chi connectivity index (χ1n) is 7.86. The van der Waals surface area contributed by atoms with Crippen molar-refractivity contribution in [2.45, 2.75) is 10.8 Å². The molecule has 152 valence electrons. The van der Waals surface area contributed by atoms with E-state index in [0.29, 0.717) is 20.1 Å². The summed E-state index contributed by atoms with van der Waals surface area (Å²) in [4.78, 5) is 12.9. The molecule has 0 amide bonds. The van der Waals surface area contributed by atoms with Crippen LogP contribution in [0.25, 0.3) is 16.3 Å². The van der Waals surface area contributed by atoms with Crippen molar-refractivity contribution in [3.05, 3.63) is 43.1 Å². The molecule has 1 aliphatic rings. The highest BCUT2D eigenvalue weighted by Gasteiger charge is 2.32. The van der Waals surface area contributed by atoms with Crippen molar-refractivity contribution in [1.29, 1.82) is 0 Å². The van der Waals surface area contributed by atoms with Crippen molar-refractivity contribution in [3.8, 4) is 0 Å². The summed E-state index contributed by atoms with van der Waals surface area (Å²) in [5.41, 5.74) is 1.35. The van der Waals surface area contributed by atoms with Crippen LogP contribution in [-0.2, 0) is 21.5 Å². The van der Waals surface area contributed by atoms with Gasteiger partial charge in [-0.15, -0.1) is 11.3 Å². The maximum atomic E-state index is 11.6. The normalized spacial score (nSPS) is 15.4. The number of hydrogen-bond donors (Lipinski definition) is 2. The topological polar surface area (TPSA) is 98.8 Å². The molecule has 3 aromatic rings. The van der Waals surface area contributed by atoms with E-state index >= 15 is 0 Å². The van der Waals surface area contributed by atoms with Crippen LogP contribution in [0, 0.1) is 0 Å². The van der Waals surface area contributed by atoms with Gasteiger partial charge in [0.25, 0.3) is 15.1 Å². The van der Waals surface area contributed by atoms with E-state index < -0.39 is 22.0 Å². The summed E-state index contributed by atoms with van der Waals surface area (Å²) in [6.07, 6.45) is 1.73. The number of aliphatic carboxylic acids is 1. The molecular weight excluding hydrogens is 544 g/mol. The van der Waals surface area contributed by atoms with Gasteiger partial charge in [-0.3, -0.25) is 4.55 Å². The molecule has 1 aromatic carbocycles. The Morgan fingerprint density at radius 2 is 2.07 bits per heavy atom. The van der Waals surface area contributed by atoms with Crippen molar-refractivity contribution >= 4 is 100 Å². The van der Waals surface area contributed by atoms with Gasteiger partial charge in [-0.1, -0.05) is 50.6 Å². The minimum atomic E-state index is -4.30. The average molecular weight is 555 g/mol. The number of halogens is 2. The van der Waals surface area contributed by atoms with Crippen molar-refractivity contribution in [2.75, 3.05) is 10.8 Å². The minimum absolute atomic E-state index is 0.244. The van der Waals surface area contributed by atoms with Crippen LogP contribution in [-0.4, -0.2) is 29.9 Å². The van der Waals surface area contributed by atoms with Crippen LogP contribution in [0.4, 0.5) is 5.69 Å². The Morgan fingerprint density at radius 1 is 1.31 bits per heavy atom. The highest BCUT2D eigenvalue weighted by Crippen LogP contribution is 2.52. The van der Waals surface area contributed by atoms with Gasteiger partial charge in [0, 0.05) is 10.5 Å². The third-order valence-electron chi connectivity index (χ3n) is 3.93. The van der Waals surface area contributed by atoms with E-state index in [1.807, 2.05) is 18.2 Å². The summed E-state index contributed by atoms with van der Waals surface area (Å²) in [6, 6.07) is 7.24. The zero-order valence-electron chi connectivity index (χ0n) is 14.2. The third-order valence-corrected chi connectivity index (χ3v) is 8.61. The Labute approximate surface area is 191 Å². The van der Waals surface area contributed by atoms with Crippen LogP contribution in [0.2, 0.25) is 4.34 Å². The van der Waals surface area contributed by atoms with Crippen LogP contribution in [0.5, 0.6) is 0 Å². The molecule has 7 nitrogen and oxygen atoms in total. The Kier molecular flexibility index (Phi) is 5.70. The van der Waals surface area contributed by atoms with Gasteiger partial charge in [-0.05, 0) is 18.2 Å². The monoisotopic (exact) mass is 553 g/mol. The van der Waals surface area contributed by atoms with Gasteiger partial charge in [0.15, 0.2) is 5.88 Å². The lowest BCUT2D eigenvalue weighted by Gasteiger charge is -2.17. The maximum absolute atomic E-state index is 11.6. The zero-order chi connectivity index (χ0) is 20.9. The number of thiazole rings is 1. The molecule has 29 heavy (non-hydrogen) atoms. The number of thiophene rings is 1. The molecule has 0 saturated carbocycles. The Bertz CT molecular complexity index is 1280. The van der Waals surface area contributed by atoms with Crippen molar-refractivity contribution in [1.82, 2.24) is 0 Å². The first-order valence-corrected chi connectivity index (χ1v) is 13.1. The van der Waals surface area contributed by atoms with E-state index in [4.69, 9.17) is 11.6 Å². The Morgan fingerprint density at radius 3 is 2.76 bits per heavy atom. The van der Waals surface area contributed by atoms with Crippen molar-refractivity contribution in [3.63, 3.8) is 0 Å². The summed E-state index contributed by atoms with van der Waals surface area (Å²) in [5.74, 6) is -1.62. The van der Waals surface area contributed by atoms with Crippen LogP contribution in [0.3, 0.4) is 0 Å². The largest absolute Gasteiger partial charge is 0.477 e. The number of carboxylic acids is 1. The molecule has 4 rings (SSSR count). The number of thioether (sulfide) groups is 1. The first kappa shape index (κ1) is 21.1. The zero-order valence-corrected chi connectivity index (χ0v) is 19.8. The molecule has 0 unspecified atom stereocenters. The summed E-state index contributed by atoms with van der Waals surface area (Å²) >= 11 is 13.5. The quantitative estimate of drug-likeness (QED) is 0.354. The summed E-state index contributed by atoms with van der Waals surface area (Å²) in [6.45, 7) is -0.244. The molecule has 0 fully saturated rings. The lowest BCUT2D eigenvalue weighted by molar-refractivity contribution is -0.657. The predicted molar refractivity (Wildman–Crippen MR) is 119 cm³/mol. The average Bonchev–Trinajstić information content (AvgIpc) is 3.20. The number of hydrogen-bond acceptors (Lipinski definition) is 7. The summed E-state index contributed by atoms with van der Waals surface area (Å²) in [5, 5.41) is 10.6. The second-order valence-corrected chi connectivity index (χ2v) is 12.4. The van der Waals surface area contributed by atoms with E-state index in [2.05, 4.69) is 15.9 Å². The van der Waals surface area contributed by atoms with Gasteiger partial charge in [-0.25, -0.2) is 4.79 Å². The Hall–Kier alpha value is -1.15. The third kappa shape index (κ3) is 4.48. The fourth-order valence-electron chi connectivity index (χ4n) is 2.86. The maximum Gasteiger partial charge on any atom is 0.370 e. The van der Waals surface area contributed by atoms with Crippen LogP contribution >= 0.6 is 62.0 Å². The van der Waals surface area contributed by atoms with Crippen LogP contribution < -0.4 is 9.47 Å². The fourth-order valence-corrected chi connectivity index (χ4v) is 7.74. The van der Waals surface area contributed by atoms with E-state index in [-0.39, 0.29) is 6.54 Å². The van der Waals surface area contributed by atoms with E-state index in [1.165, 1.54) is 39.3 Å². The molecule has 1 aliphatic heterocycles. The summed E-state index contributed by atoms with van der Waals surface area (Å²) < 4.78 is 37.2. The fraction of sp³-hybridized carbons (Fsp3) is 0.125. The molecule has 2 aromatic heterocycles. The number of carboxylic acid groups (broad SMARTS) is 1. The molecule has 0 saturated heterocycles. The predicted octanol–water partition coefficient (Wildman–Crippen LogP) is 4.51. The number of benzene rings is 1. The second-order valence-electron chi connectivity index (χ2n) is 5.98. The molecule has 0 bridgehead atoms. The number of carbonyl (C=O) groups is 1. The summed E-state index contributed by atoms with van der Waals surface area (Å²) in [7, 11) is -4.30. The van der Waals surface area contributed by atoms with E-state index in [9.17, 15) is 22.9 Å². The highest BCUT2D eigenvalue weighted by atomic mass is 79.9. The molecule has 2 N–H and O–H groups in total. The molecule has 13 heteroatoms. The van der Waals surface area contributed by atoms with Gasteiger partial charge in [0.05, 0.1) is 25.3 Å². The second kappa shape index (κ2) is 7.84. The number of anilines is 1. The molecular formula is C16H11BrClN2O5S4+. The van der Waals surface area contributed by atoms with Gasteiger partial charge < -0.3 is 10.0 Å². The molecule has 0 radical (unpaired) electrons. The molecule has 0 aliphatic carbocycles. The standard InChI is InChI=1S/C16H10BrClN2O5S4/c17-8-1-2-11-9(3-8)19(6-15(21)22)13(26-11)5-14-20(7-29(23,24)25)10-4-12(18)27-16(10)28-14/h1-5H,6-7H2,(H-,21,22,23,24,25)/p+1. The number of fused-ring (bicyclic) bond motifs is 2.